The molecule has 1 aromatic carbocycles. The molecular weight excluding hydrogens is 448 g/mol. The van der Waals surface area contributed by atoms with Crippen LogP contribution in [0.15, 0.2) is 0 Å². The third-order valence-electron chi connectivity index (χ3n) is 9.25. The highest BCUT2D eigenvalue weighted by Gasteiger charge is 2.58. The van der Waals surface area contributed by atoms with E-state index >= 15 is 0 Å². The molecule has 2 saturated carbocycles. The number of carbonyl (C=O) groups is 2. The van der Waals surface area contributed by atoms with E-state index in [1.54, 1.807) is 0 Å². The normalized spacial score (nSPS) is 32.2. The summed E-state index contributed by atoms with van der Waals surface area (Å²) in [5, 5.41) is 54.7. The van der Waals surface area contributed by atoms with Gasteiger partial charge in [0.1, 0.15) is 17.2 Å². The summed E-state index contributed by atoms with van der Waals surface area (Å²) in [5.74, 6) is -2.10. The molecule has 2 aliphatic carbocycles. The molecule has 7 heteroatoms. The highest BCUT2D eigenvalue weighted by Crippen LogP contribution is 2.64. The van der Waals surface area contributed by atoms with Crippen molar-refractivity contribution >= 4 is 12.6 Å². The van der Waals surface area contributed by atoms with Crippen LogP contribution < -0.4 is 0 Å². The molecule has 0 aliphatic heterocycles. The lowest BCUT2D eigenvalue weighted by atomic mass is 9.46. The largest absolute Gasteiger partial charge is 0.507 e. The van der Waals surface area contributed by atoms with Gasteiger partial charge in [0.2, 0.25) is 0 Å². The van der Waals surface area contributed by atoms with Gasteiger partial charge in [-0.2, -0.15) is 0 Å². The van der Waals surface area contributed by atoms with E-state index in [0.717, 1.165) is 12.8 Å². The second-order valence-corrected chi connectivity index (χ2v) is 12.4. The molecular formula is C28H42O7. The zero-order valence-electron chi connectivity index (χ0n) is 21.8. The van der Waals surface area contributed by atoms with Gasteiger partial charge in [0.25, 0.3) is 0 Å². The van der Waals surface area contributed by atoms with E-state index in [-0.39, 0.29) is 34.7 Å². The van der Waals surface area contributed by atoms with E-state index in [9.17, 15) is 35.1 Å². The first kappa shape index (κ1) is 27.5. The van der Waals surface area contributed by atoms with Crippen molar-refractivity contribution in [2.24, 2.45) is 29.1 Å². The van der Waals surface area contributed by atoms with Crippen molar-refractivity contribution in [2.45, 2.75) is 97.2 Å². The fourth-order valence-electron chi connectivity index (χ4n) is 7.33. The molecule has 0 bridgehead atoms. The summed E-state index contributed by atoms with van der Waals surface area (Å²) in [6.07, 6.45) is 4.53. The summed E-state index contributed by atoms with van der Waals surface area (Å²) in [5.41, 5.74) is -2.85. The molecule has 0 spiro atoms. The number of rotatable bonds is 7. The van der Waals surface area contributed by atoms with Gasteiger partial charge in [-0.05, 0) is 94.3 Å². The van der Waals surface area contributed by atoms with E-state index in [1.165, 1.54) is 0 Å². The van der Waals surface area contributed by atoms with Crippen LogP contribution >= 0.6 is 0 Å². The third-order valence-corrected chi connectivity index (χ3v) is 9.25. The number of phenols is 3. The maximum atomic E-state index is 11.7. The highest BCUT2D eigenvalue weighted by molar-refractivity contribution is 5.95. The molecule has 0 saturated heterocycles. The molecule has 2 fully saturated rings. The Bertz CT molecular complexity index is 939. The van der Waals surface area contributed by atoms with Gasteiger partial charge in [0, 0.05) is 5.56 Å². The maximum absolute atomic E-state index is 11.7. The van der Waals surface area contributed by atoms with Crippen LogP contribution in [0.5, 0.6) is 17.2 Å². The summed E-state index contributed by atoms with van der Waals surface area (Å²) in [4.78, 5) is 23.5. The number of aldehydes is 2. The minimum Gasteiger partial charge on any atom is -0.507 e. The predicted octanol–water partition coefficient (Wildman–Crippen LogP) is 4.91. The van der Waals surface area contributed by atoms with Crippen LogP contribution in [0, 0.1) is 29.1 Å². The van der Waals surface area contributed by atoms with Crippen molar-refractivity contribution in [1.29, 1.82) is 0 Å². The van der Waals surface area contributed by atoms with Gasteiger partial charge in [0.15, 0.2) is 12.6 Å². The first-order chi connectivity index (χ1) is 16.1. The molecule has 0 heterocycles. The number of carbonyl (C=O) groups excluding carboxylic acids is 2. The van der Waals surface area contributed by atoms with Crippen LogP contribution in [-0.4, -0.2) is 49.3 Å². The number of benzene rings is 1. The van der Waals surface area contributed by atoms with Gasteiger partial charge < -0.3 is 25.5 Å². The first-order valence-corrected chi connectivity index (χ1v) is 12.8. The first-order valence-electron chi connectivity index (χ1n) is 12.8. The Labute approximate surface area is 208 Å². The molecule has 2 aliphatic rings. The van der Waals surface area contributed by atoms with Gasteiger partial charge in [-0.1, -0.05) is 20.8 Å². The second-order valence-electron chi connectivity index (χ2n) is 12.4. The average Bonchev–Trinajstić information content (AvgIpc) is 2.72. The van der Waals surface area contributed by atoms with Crippen molar-refractivity contribution in [3.63, 3.8) is 0 Å². The molecule has 0 radical (unpaired) electrons. The monoisotopic (exact) mass is 490 g/mol. The summed E-state index contributed by atoms with van der Waals surface area (Å²) >= 11 is 0. The molecule has 1 aromatic rings. The Morgan fingerprint density at radius 2 is 1.51 bits per heavy atom. The Morgan fingerprint density at radius 3 is 1.97 bits per heavy atom. The minimum atomic E-state index is -0.932. The zero-order chi connectivity index (χ0) is 26.5. The predicted molar refractivity (Wildman–Crippen MR) is 133 cm³/mol. The molecule has 7 nitrogen and oxygen atoms in total. The quantitative estimate of drug-likeness (QED) is 0.343. The van der Waals surface area contributed by atoms with E-state index in [2.05, 4.69) is 6.92 Å². The van der Waals surface area contributed by atoms with Crippen molar-refractivity contribution in [3.05, 3.63) is 16.7 Å². The summed E-state index contributed by atoms with van der Waals surface area (Å²) in [6, 6.07) is 0. The van der Waals surface area contributed by atoms with Gasteiger partial charge in [0.05, 0.1) is 22.3 Å². The number of phenolic OH excluding ortho intramolecular Hbond substituents is 3. The highest BCUT2D eigenvalue weighted by atomic mass is 16.3. The Kier molecular flexibility index (Phi) is 7.37. The van der Waals surface area contributed by atoms with E-state index in [4.69, 9.17) is 0 Å². The SMILES string of the molecule is CC(C)C[C@@H](c1c(O)c(C=O)c(O)c(C=O)c1O)[C@@H]1CC[C@@](C)(O)[C@@H]2C[C@@H](C(C)(C)O)CC[C@@]21C. The van der Waals surface area contributed by atoms with Crippen molar-refractivity contribution in [2.75, 3.05) is 0 Å². The topological polar surface area (TPSA) is 135 Å². The fourth-order valence-corrected chi connectivity index (χ4v) is 7.33. The molecule has 0 aromatic heterocycles. The van der Waals surface area contributed by atoms with Crippen molar-refractivity contribution in [3.8, 4) is 17.2 Å². The average molecular weight is 491 g/mol. The lowest BCUT2D eigenvalue weighted by Crippen LogP contribution is -2.57. The second kappa shape index (κ2) is 9.40. The molecule has 3 rings (SSSR count). The van der Waals surface area contributed by atoms with Gasteiger partial charge in [-0.3, -0.25) is 9.59 Å². The molecule has 6 atom stereocenters. The summed E-state index contributed by atoms with van der Waals surface area (Å²) in [6.45, 7) is 11.7. The molecule has 0 amide bonds. The van der Waals surface area contributed by atoms with Crippen LogP contribution in [0.2, 0.25) is 0 Å². The lowest BCUT2D eigenvalue weighted by Gasteiger charge is -2.60. The Balaban J connectivity index is 2.20. The Hall–Kier alpha value is -2.12. The smallest absolute Gasteiger partial charge is 0.157 e. The van der Waals surface area contributed by atoms with Crippen LogP contribution in [0.1, 0.15) is 112 Å². The number of aromatic hydroxyl groups is 3. The van der Waals surface area contributed by atoms with Gasteiger partial charge in [-0.15, -0.1) is 0 Å². The number of aliphatic hydroxyl groups is 2. The van der Waals surface area contributed by atoms with E-state index < -0.39 is 45.5 Å². The van der Waals surface area contributed by atoms with Crippen LogP contribution in [0.4, 0.5) is 0 Å². The molecule has 5 N–H and O–H groups in total. The van der Waals surface area contributed by atoms with Crippen LogP contribution in [-0.2, 0) is 0 Å². The molecule has 35 heavy (non-hydrogen) atoms. The van der Waals surface area contributed by atoms with Crippen molar-refractivity contribution < 1.29 is 35.1 Å². The Morgan fingerprint density at radius 1 is 0.971 bits per heavy atom. The summed E-state index contributed by atoms with van der Waals surface area (Å²) < 4.78 is 0. The number of hydrogen-bond donors (Lipinski definition) is 5. The maximum Gasteiger partial charge on any atom is 0.157 e. The van der Waals surface area contributed by atoms with E-state index in [1.807, 2.05) is 34.6 Å². The standard InChI is InChI=1S/C28H42O7/c1-15(2)11-17(22-24(32)18(13-29)23(31)19(14-30)25(22)33)20-8-10-28(6,35)21-12-16(26(3,4)34)7-9-27(20,21)5/h13-17,20-21,31-35H,7-12H2,1-6H3/t16-,17+,20-,21+,27+,28+/m0/s1. The van der Waals surface area contributed by atoms with Crippen LogP contribution in [0.3, 0.4) is 0 Å². The number of fused-ring (bicyclic) bond motifs is 1. The third kappa shape index (κ3) is 4.69. The van der Waals surface area contributed by atoms with Crippen LogP contribution in [0.25, 0.3) is 0 Å². The summed E-state index contributed by atoms with van der Waals surface area (Å²) in [7, 11) is 0. The number of hydrogen-bond acceptors (Lipinski definition) is 7. The van der Waals surface area contributed by atoms with Gasteiger partial charge >= 0.3 is 0 Å². The van der Waals surface area contributed by atoms with Gasteiger partial charge in [-0.25, -0.2) is 0 Å². The molecule has 0 unspecified atom stereocenters. The lowest BCUT2D eigenvalue weighted by molar-refractivity contribution is -0.171. The molecule has 196 valence electrons. The van der Waals surface area contributed by atoms with Crippen molar-refractivity contribution in [1.82, 2.24) is 0 Å². The fraction of sp³-hybridized carbons (Fsp3) is 0.714. The minimum absolute atomic E-state index is 0.0353. The zero-order valence-corrected chi connectivity index (χ0v) is 21.8. The van der Waals surface area contributed by atoms with E-state index in [0.29, 0.717) is 38.3 Å².